The minimum atomic E-state index is 0.276. The number of hydrogen-bond acceptors (Lipinski definition) is 3. The lowest BCUT2D eigenvalue weighted by Gasteiger charge is -2.25. The van der Waals surface area contributed by atoms with Gasteiger partial charge in [-0.2, -0.15) is 0 Å². The summed E-state index contributed by atoms with van der Waals surface area (Å²) in [6.45, 7) is 10.0. The molecule has 0 radical (unpaired) electrons. The van der Waals surface area contributed by atoms with Crippen LogP contribution in [-0.2, 0) is 11.3 Å². The molecule has 1 heterocycles. The SMILES string of the molecule is CC(C)NCc1ccc(N2CCCOC(C)C2)cc1Cl. The third-order valence-corrected chi connectivity index (χ3v) is 3.91. The first-order valence-electron chi connectivity index (χ1n) is 7.44. The Morgan fingerprint density at radius 1 is 1.45 bits per heavy atom. The Morgan fingerprint density at radius 3 is 2.95 bits per heavy atom. The Bertz CT molecular complexity index is 436. The summed E-state index contributed by atoms with van der Waals surface area (Å²) in [6.07, 6.45) is 1.34. The Labute approximate surface area is 127 Å². The number of hydrogen-bond donors (Lipinski definition) is 1. The number of anilines is 1. The summed E-state index contributed by atoms with van der Waals surface area (Å²) in [6, 6.07) is 6.84. The molecule has 1 fully saturated rings. The highest BCUT2D eigenvalue weighted by Crippen LogP contribution is 2.25. The van der Waals surface area contributed by atoms with E-state index in [0.717, 1.165) is 43.2 Å². The van der Waals surface area contributed by atoms with Gasteiger partial charge in [-0.15, -0.1) is 0 Å². The lowest BCUT2D eigenvalue weighted by atomic mass is 10.1. The van der Waals surface area contributed by atoms with Crippen LogP contribution in [-0.4, -0.2) is 31.8 Å². The van der Waals surface area contributed by atoms with Crippen molar-refractivity contribution in [1.29, 1.82) is 0 Å². The fourth-order valence-corrected chi connectivity index (χ4v) is 2.66. The molecule has 1 aliphatic heterocycles. The van der Waals surface area contributed by atoms with Crippen LogP contribution in [0.15, 0.2) is 18.2 Å². The smallest absolute Gasteiger partial charge is 0.0721 e. The molecule has 0 bridgehead atoms. The third-order valence-electron chi connectivity index (χ3n) is 3.55. The molecule has 1 aromatic carbocycles. The monoisotopic (exact) mass is 296 g/mol. The number of nitrogens with one attached hydrogen (secondary N) is 1. The van der Waals surface area contributed by atoms with Gasteiger partial charge in [0.2, 0.25) is 0 Å². The minimum absolute atomic E-state index is 0.276. The highest BCUT2D eigenvalue weighted by atomic mass is 35.5. The molecule has 1 aliphatic rings. The van der Waals surface area contributed by atoms with Crippen LogP contribution in [0.5, 0.6) is 0 Å². The molecule has 1 aromatic rings. The first-order valence-corrected chi connectivity index (χ1v) is 7.82. The van der Waals surface area contributed by atoms with E-state index in [1.54, 1.807) is 0 Å². The first-order chi connectivity index (χ1) is 9.56. The largest absolute Gasteiger partial charge is 0.377 e. The van der Waals surface area contributed by atoms with Crippen LogP contribution in [0.1, 0.15) is 32.8 Å². The van der Waals surface area contributed by atoms with Gasteiger partial charge < -0.3 is 15.0 Å². The van der Waals surface area contributed by atoms with Crippen molar-refractivity contribution in [2.75, 3.05) is 24.6 Å². The standard InChI is InChI=1S/C16H25ClN2O/c1-12(2)18-10-14-5-6-15(9-16(14)17)19-7-4-8-20-13(3)11-19/h5-6,9,12-13,18H,4,7-8,10-11H2,1-3H3. The van der Waals surface area contributed by atoms with E-state index in [-0.39, 0.29) is 6.10 Å². The summed E-state index contributed by atoms with van der Waals surface area (Å²) in [5, 5.41) is 4.24. The van der Waals surface area contributed by atoms with E-state index < -0.39 is 0 Å². The molecule has 0 aliphatic carbocycles. The molecule has 1 N–H and O–H groups in total. The maximum atomic E-state index is 6.41. The molecule has 0 saturated carbocycles. The van der Waals surface area contributed by atoms with Crippen LogP contribution in [0.3, 0.4) is 0 Å². The summed E-state index contributed by atoms with van der Waals surface area (Å²) < 4.78 is 5.69. The Morgan fingerprint density at radius 2 is 2.25 bits per heavy atom. The zero-order chi connectivity index (χ0) is 14.5. The van der Waals surface area contributed by atoms with Crippen molar-refractivity contribution in [2.45, 2.75) is 45.9 Å². The second kappa shape index (κ2) is 7.30. The van der Waals surface area contributed by atoms with Gasteiger partial charge in [0.05, 0.1) is 6.10 Å². The van der Waals surface area contributed by atoms with Crippen molar-refractivity contribution < 1.29 is 4.74 Å². The van der Waals surface area contributed by atoms with Crippen molar-refractivity contribution in [1.82, 2.24) is 5.32 Å². The molecule has 0 amide bonds. The molecule has 1 atom stereocenters. The number of halogens is 1. The van der Waals surface area contributed by atoms with Gasteiger partial charge in [-0.3, -0.25) is 0 Å². The minimum Gasteiger partial charge on any atom is -0.377 e. The average molecular weight is 297 g/mol. The summed E-state index contributed by atoms with van der Waals surface area (Å²) in [7, 11) is 0. The zero-order valence-corrected chi connectivity index (χ0v) is 13.4. The first kappa shape index (κ1) is 15.6. The van der Waals surface area contributed by atoms with Crippen molar-refractivity contribution in [3.63, 3.8) is 0 Å². The van der Waals surface area contributed by atoms with Crippen LogP contribution in [0.25, 0.3) is 0 Å². The molecule has 20 heavy (non-hydrogen) atoms. The third kappa shape index (κ3) is 4.37. The molecule has 0 aromatic heterocycles. The Kier molecular flexibility index (Phi) is 5.70. The van der Waals surface area contributed by atoms with Crippen LogP contribution in [0, 0.1) is 0 Å². The van der Waals surface area contributed by atoms with E-state index >= 15 is 0 Å². The highest BCUT2D eigenvalue weighted by Gasteiger charge is 2.16. The van der Waals surface area contributed by atoms with Gasteiger partial charge in [0.25, 0.3) is 0 Å². The molecule has 3 nitrogen and oxygen atoms in total. The van der Waals surface area contributed by atoms with Gasteiger partial charge in [0, 0.05) is 43.0 Å². The van der Waals surface area contributed by atoms with Gasteiger partial charge in [0.1, 0.15) is 0 Å². The van der Waals surface area contributed by atoms with Crippen LogP contribution >= 0.6 is 11.6 Å². The van der Waals surface area contributed by atoms with E-state index in [1.165, 1.54) is 5.69 Å². The summed E-state index contributed by atoms with van der Waals surface area (Å²) in [5.41, 5.74) is 2.35. The quantitative estimate of drug-likeness (QED) is 0.921. The zero-order valence-electron chi connectivity index (χ0n) is 12.7. The number of rotatable bonds is 4. The summed E-state index contributed by atoms with van der Waals surface area (Å²) in [4.78, 5) is 2.36. The van der Waals surface area contributed by atoms with Gasteiger partial charge in [-0.1, -0.05) is 31.5 Å². The average Bonchev–Trinajstić information content (AvgIpc) is 2.62. The van der Waals surface area contributed by atoms with Crippen molar-refractivity contribution in [3.05, 3.63) is 28.8 Å². The molecular formula is C16H25ClN2O. The number of nitrogens with zero attached hydrogens (tertiary/aromatic N) is 1. The second-order valence-electron chi connectivity index (χ2n) is 5.79. The Balaban J connectivity index is 2.07. The van der Waals surface area contributed by atoms with Gasteiger partial charge in [-0.25, -0.2) is 0 Å². The fourth-order valence-electron chi connectivity index (χ4n) is 2.42. The second-order valence-corrected chi connectivity index (χ2v) is 6.20. The molecular weight excluding hydrogens is 272 g/mol. The van der Waals surface area contributed by atoms with E-state index in [9.17, 15) is 0 Å². The maximum Gasteiger partial charge on any atom is 0.0721 e. The highest BCUT2D eigenvalue weighted by molar-refractivity contribution is 6.31. The van der Waals surface area contributed by atoms with E-state index in [4.69, 9.17) is 16.3 Å². The summed E-state index contributed by atoms with van der Waals surface area (Å²) in [5.74, 6) is 0. The molecule has 1 unspecified atom stereocenters. The van der Waals surface area contributed by atoms with Crippen LogP contribution in [0.2, 0.25) is 5.02 Å². The van der Waals surface area contributed by atoms with Gasteiger partial charge in [-0.05, 0) is 31.0 Å². The molecule has 1 saturated heterocycles. The van der Waals surface area contributed by atoms with E-state index in [0.29, 0.717) is 6.04 Å². The predicted octanol–water partition coefficient (Wildman–Crippen LogP) is 3.45. The van der Waals surface area contributed by atoms with E-state index in [1.807, 2.05) is 0 Å². The topological polar surface area (TPSA) is 24.5 Å². The number of benzene rings is 1. The van der Waals surface area contributed by atoms with Crippen molar-refractivity contribution in [2.24, 2.45) is 0 Å². The summed E-state index contributed by atoms with van der Waals surface area (Å²) >= 11 is 6.41. The van der Waals surface area contributed by atoms with Crippen molar-refractivity contribution in [3.8, 4) is 0 Å². The van der Waals surface area contributed by atoms with Crippen LogP contribution in [0.4, 0.5) is 5.69 Å². The lowest BCUT2D eigenvalue weighted by Crippen LogP contribution is -2.30. The molecule has 0 spiro atoms. The van der Waals surface area contributed by atoms with E-state index in [2.05, 4.69) is 49.2 Å². The molecule has 112 valence electrons. The number of ether oxygens (including phenoxy) is 1. The predicted molar refractivity (Wildman–Crippen MR) is 85.7 cm³/mol. The van der Waals surface area contributed by atoms with Gasteiger partial charge >= 0.3 is 0 Å². The van der Waals surface area contributed by atoms with Gasteiger partial charge in [0.15, 0.2) is 0 Å². The van der Waals surface area contributed by atoms with Crippen molar-refractivity contribution >= 4 is 17.3 Å². The normalized spacial score (nSPS) is 20.2. The molecule has 4 heteroatoms. The Hall–Kier alpha value is -0.770. The maximum absolute atomic E-state index is 6.41. The lowest BCUT2D eigenvalue weighted by molar-refractivity contribution is 0.0821. The molecule has 2 rings (SSSR count). The van der Waals surface area contributed by atoms with Crippen LogP contribution < -0.4 is 10.2 Å². The fraction of sp³-hybridized carbons (Fsp3) is 0.625.